The number of nitrogens with one attached hydrogen (secondary N) is 1. The highest BCUT2D eigenvalue weighted by molar-refractivity contribution is 7.14. The molecule has 96 valence electrons. The first-order chi connectivity index (χ1) is 8.61. The van der Waals surface area contributed by atoms with Crippen LogP contribution in [0, 0.1) is 18.3 Å². The lowest BCUT2D eigenvalue weighted by atomic mass is 9.95. The number of carbonyl (C=O) groups is 1. The van der Waals surface area contributed by atoms with E-state index in [0.717, 1.165) is 24.3 Å². The smallest absolute Gasteiger partial charge is 0.263 e. The van der Waals surface area contributed by atoms with E-state index >= 15 is 0 Å². The molecule has 3 nitrogen and oxygen atoms in total. The fourth-order valence-electron chi connectivity index (χ4n) is 2.12. The zero-order chi connectivity index (χ0) is 13.1. The molecule has 2 heterocycles. The van der Waals surface area contributed by atoms with Crippen molar-refractivity contribution < 1.29 is 4.79 Å². The van der Waals surface area contributed by atoms with Gasteiger partial charge in [-0.1, -0.05) is 0 Å². The number of terminal acetylenes is 1. The van der Waals surface area contributed by atoms with Crippen LogP contribution in [0.5, 0.6) is 0 Å². The summed E-state index contributed by atoms with van der Waals surface area (Å²) < 4.78 is 0. The Balaban J connectivity index is 2.03. The van der Waals surface area contributed by atoms with Crippen LogP contribution < -0.4 is 5.32 Å². The summed E-state index contributed by atoms with van der Waals surface area (Å²) in [6.45, 7) is 0.871. The van der Waals surface area contributed by atoms with E-state index < -0.39 is 0 Å². The Bertz CT molecular complexity index is 464. The van der Waals surface area contributed by atoms with Crippen LogP contribution >= 0.6 is 11.3 Å². The Morgan fingerprint density at radius 2 is 2.28 bits per heavy atom. The molecular formula is C14H18N2OS. The van der Waals surface area contributed by atoms with E-state index in [9.17, 15) is 4.79 Å². The molecule has 0 spiro atoms. The van der Waals surface area contributed by atoms with Gasteiger partial charge in [0.15, 0.2) is 0 Å². The minimum Gasteiger partial charge on any atom is -0.344 e. The van der Waals surface area contributed by atoms with Gasteiger partial charge in [0.25, 0.3) is 5.91 Å². The highest BCUT2D eigenvalue weighted by Gasteiger charge is 2.22. The molecule has 4 heteroatoms. The fourth-order valence-corrected chi connectivity index (χ4v) is 3.26. The van der Waals surface area contributed by atoms with Gasteiger partial charge in [-0.25, -0.2) is 0 Å². The number of amides is 1. The van der Waals surface area contributed by atoms with Gasteiger partial charge >= 0.3 is 0 Å². The van der Waals surface area contributed by atoms with Gasteiger partial charge in [-0.2, -0.15) is 0 Å². The maximum absolute atomic E-state index is 11.8. The Morgan fingerprint density at radius 3 is 2.83 bits per heavy atom. The Morgan fingerprint density at radius 1 is 1.50 bits per heavy atom. The van der Waals surface area contributed by atoms with E-state index in [1.54, 1.807) is 30.3 Å². The molecule has 1 aromatic rings. The van der Waals surface area contributed by atoms with Crippen molar-refractivity contribution in [2.45, 2.75) is 18.9 Å². The molecular weight excluding hydrogens is 244 g/mol. The van der Waals surface area contributed by atoms with Crippen LogP contribution in [-0.2, 0) is 0 Å². The van der Waals surface area contributed by atoms with Gasteiger partial charge in [0.1, 0.15) is 0 Å². The van der Waals surface area contributed by atoms with Crippen LogP contribution in [0.4, 0.5) is 0 Å². The standard InChI is InChI=1S/C14H18N2OS/c1-4-10-5-6-11(15-9-10)12-7-8-13(18-12)14(17)16(2)3/h1,7-8,10-11,15H,5-6,9H2,2-3H3/t10?,11-/m0/s1. The van der Waals surface area contributed by atoms with Crippen LogP contribution in [0.25, 0.3) is 0 Å². The average Bonchev–Trinajstić information content (AvgIpc) is 2.87. The first kappa shape index (κ1) is 13.1. The van der Waals surface area contributed by atoms with E-state index in [2.05, 4.69) is 17.3 Å². The van der Waals surface area contributed by atoms with E-state index in [4.69, 9.17) is 6.42 Å². The van der Waals surface area contributed by atoms with E-state index in [-0.39, 0.29) is 5.91 Å². The van der Waals surface area contributed by atoms with Crippen molar-refractivity contribution in [3.63, 3.8) is 0 Å². The van der Waals surface area contributed by atoms with Crippen molar-refractivity contribution in [3.8, 4) is 12.3 Å². The highest BCUT2D eigenvalue weighted by Crippen LogP contribution is 2.30. The van der Waals surface area contributed by atoms with E-state index in [1.807, 2.05) is 6.07 Å². The SMILES string of the molecule is C#CC1CC[C@@H](c2ccc(C(=O)N(C)C)s2)NC1. The average molecular weight is 262 g/mol. The summed E-state index contributed by atoms with van der Waals surface area (Å²) in [6, 6.07) is 4.32. The third kappa shape index (κ3) is 2.74. The summed E-state index contributed by atoms with van der Waals surface area (Å²) in [6.07, 6.45) is 7.53. The normalized spacial score (nSPS) is 23.4. The molecule has 0 aromatic carbocycles. The lowest BCUT2D eigenvalue weighted by Crippen LogP contribution is -2.32. The summed E-state index contributed by atoms with van der Waals surface area (Å²) in [7, 11) is 3.55. The summed E-state index contributed by atoms with van der Waals surface area (Å²) in [5, 5.41) is 3.46. The molecule has 1 aromatic heterocycles. The molecule has 1 aliphatic heterocycles. The van der Waals surface area contributed by atoms with Gasteiger partial charge in [-0.3, -0.25) is 4.79 Å². The van der Waals surface area contributed by atoms with Crippen LogP contribution in [-0.4, -0.2) is 31.4 Å². The molecule has 2 rings (SSSR count). The van der Waals surface area contributed by atoms with E-state index in [0.29, 0.717) is 12.0 Å². The number of rotatable bonds is 2. The molecule has 2 atom stereocenters. The number of thiophene rings is 1. The molecule has 1 amide bonds. The molecule has 0 saturated carbocycles. The molecule has 1 fully saturated rings. The van der Waals surface area contributed by atoms with Crippen molar-refractivity contribution in [3.05, 3.63) is 21.9 Å². The quantitative estimate of drug-likeness (QED) is 0.828. The van der Waals surface area contributed by atoms with Gasteiger partial charge in [-0.15, -0.1) is 23.7 Å². The molecule has 1 unspecified atom stereocenters. The van der Waals surface area contributed by atoms with Crippen molar-refractivity contribution in [1.82, 2.24) is 10.2 Å². The largest absolute Gasteiger partial charge is 0.344 e. The van der Waals surface area contributed by atoms with Crippen LogP contribution in [0.3, 0.4) is 0 Å². The minimum absolute atomic E-state index is 0.0727. The number of hydrogen-bond acceptors (Lipinski definition) is 3. The highest BCUT2D eigenvalue weighted by atomic mass is 32.1. The zero-order valence-corrected chi connectivity index (χ0v) is 11.6. The molecule has 1 saturated heterocycles. The summed E-state index contributed by atoms with van der Waals surface area (Å²) in [4.78, 5) is 15.5. The van der Waals surface area contributed by atoms with Gasteiger partial charge in [0.05, 0.1) is 4.88 Å². The predicted octanol–water partition coefficient (Wildman–Crippen LogP) is 2.12. The maximum Gasteiger partial charge on any atom is 0.263 e. The van der Waals surface area contributed by atoms with Crippen LogP contribution in [0.1, 0.15) is 33.4 Å². The molecule has 18 heavy (non-hydrogen) atoms. The molecule has 1 aliphatic rings. The second kappa shape index (κ2) is 5.55. The van der Waals surface area contributed by atoms with Crippen LogP contribution in [0.2, 0.25) is 0 Å². The van der Waals surface area contributed by atoms with Crippen molar-refractivity contribution >= 4 is 17.2 Å². The van der Waals surface area contributed by atoms with Crippen molar-refractivity contribution in [2.75, 3.05) is 20.6 Å². The predicted molar refractivity (Wildman–Crippen MR) is 74.6 cm³/mol. The third-order valence-electron chi connectivity index (χ3n) is 3.24. The summed E-state index contributed by atoms with van der Waals surface area (Å²) in [5.41, 5.74) is 0. The molecule has 0 aliphatic carbocycles. The topological polar surface area (TPSA) is 32.3 Å². The molecule has 0 radical (unpaired) electrons. The number of piperidine rings is 1. The number of carbonyl (C=O) groups excluding carboxylic acids is 1. The third-order valence-corrected chi connectivity index (χ3v) is 4.42. The summed E-state index contributed by atoms with van der Waals surface area (Å²) in [5.74, 6) is 3.22. The number of nitrogens with zero attached hydrogens (tertiary/aromatic N) is 1. The monoisotopic (exact) mass is 262 g/mol. The second-order valence-corrected chi connectivity index (χ2v) is 5.92. The lowest BCUT2D eigenvalue weighted by Gasteiger charge is -2.26. The fraction of sp³-hybridized carbons (Fsp3) is 0.500. The Labute approximate surface area is 112 Å². The second-order valence-electron chi connectivity index (χ2n) is 4.80. The zero-order valence-electron chi connectivity index (χ0n) is 10.8. The Hall–Kier alpha value is -1.31. The van der Waals surface area contributed by atoms with Crippen LogP contribution in [0.15, 0.2) is 12.1 Å². The van der Waals surface area contributed by atoms with Gasteiger partial charge in [0, 0.05) is 37.5 Å². The lowest BCUT2D eigenvalue weighted by molar-refractivity contribution is 0.0832. The first-order valence-corrected chi connectivity index (χ1v) is 6.94. The summed E-state index contributed by atoms with van der Waals surface area (Å²) >= 11 is 1.58. The Kier molecular flexibility index (Phi) is 4.05. The van der Waals surface area contributed by atoms with Crippen molar-refractivity contribution in [1.29, 1.82) is 0 Å². The van der Waals surface area contributed by atoms with E-state index in [1.165, 1.54) is 4.88 Å². The van der Waals surface area contributed by atoms with Gasteiger partial charge in [0.2, 0.25) is 0 Å². The molecule has 0 bridgehead atoms. The minimum atomic E-state index is 0.0727. The first-order valence-electron chi connectivity index (χ1n) is 6.12. The van der Waals surface area contributed by atoms with Gasteiger partial charge in [-0.05, 0) is 25.0 Å². The van der Waals surface area contributed by atoms with Gasteiger partial charge < -0.3 is 10.2 Å². The maximum atomic E-state index is 11.8. The molecule has 1 N–H and O–H groups in total. The number of hydrogen-bond donors (Lipinski definition) is 1. The van der Waals surface area contributed by atoms with Crippen molar-refractivity contribution in [2.24, 2.45) is 5.92 Å².